The van der Waals surface area contributed by atoms with Crippen molar-refractivity contribution in [3.8, 4) is 0 Å². The summed E-state index contributed by atoms with van der Waals surface area (Å²) in [4.78, 5) is 12.4. The highest BCUT2D eigenvalue weighted by molar-refractivity contribution is 7.98. The van der Waals surface area contributed by atoms with Crippen molar-refractivity contribution in [2.24, 2.45) is 0 Å². The van der Waals surface area contributed by atoms with Crippen molar-refractivity contribution in [3.63, 3.8) is 0 Å². The topological polar surface area (TPSA) is 42.2 Å². The summed E-state index contributed by atoms with van der Waals surface area (Å²) in [6, 6.07) is 12.7. The molecule has 1 heterocycles. The largest absolute Gasteiger partial charge is 0.480 e. The van der Waals surface area contributed by atoms with Gasteiger partial charge < -0.3 is 9.67 Å². The van der Waals surface area contributed by atoms with Gasteiger partial charge in [-0.1, -0.05) is 12.1 Å². The molecular formula is C19H18FNO2S. The molecule has 0 aliphatic rings. The fraction of sp³-hybridized carbons (Fsp3) is 0.211. The number of carboxylic acids is 1. The van der Waals surface area contributed by atoms with Gasteiger partial charge >= 0.3 is 5.97 Å². The summed E-state index contributed by atoms with van der Waals surface area (Å²) in [5.74, 6) is -1.22. The molecule has 0 bridgehead atoms. The number of carbonyl (C=O) groups is 1. The maximum atomic E-state index is 13.7. The third-order valence-corrected chi connectivity index (χ3v) is 4.95. The summed E-state index contributed by atoms with van der Waals surface area (Å²) in [6.07, 6.45) is 2.67. The zero-order valence-corrected chi connectivity index (χ0v) is 14.4. The van der Waals surface area contributed by atoms with Gasteiger partial charge in [0.25, 0.3) is 0 Å². The molecule has 0 radical (unpaired) electrons. The molecule has 0 amide bonds. The lowest BCUT2D eigenvalue weighted by atomic mass is 10.0. The lowest BCUT2D eigenvalue weighted by Gasteiger charge is -2.06. The SMILES string of the molecule is CSc1cccc(Cc2c(C)n(CC(=O)O)c3ccc(F)cc23)c1. The molecule has 1 aromatic heterocycles. The van der Waals surface area contributed by atoms with Gasteiger partial charge in [0.15, 0.2) is 0 Å². The first-order valence-electron chi connectivity index (χ1n) is 7.61. The smallest absolute Gasteiger partial charge is 0.323 e. The van der Waals surface area contributed by atoms with Gasteiger partial charge in [0.2, 0.25) is 0 Å². The van der Waals surface area contributed by atoms with Crippen LogP contribution < -0.4 is 0 Å². The van der Waals surface area contributed by atoms with Crippen LogP contribution in [-0.4, -0.2) is 21.9 Å². The van der Waals surface area contributed by atoms with Crippen LogP contribution in [0.1, 0.15) is 16.8 Å². The molecule has 3 nitrogen and oxygen atoms in total. The highest BCUT2D eigenvalue weighted by Crippen LogP contribution is 2.29. The number of aromatic nitrogens is 1. The quantitative estimate of drug-likeness (QED) is 0.694. The Hall–Kier alpha value is -2.27. The number of nitrogens with zero attached hydrogens (tertiary/aromatic N) is 1. The second-order valence-electron chi connectivity index (χ2n) is 5.73. The van der Waals surface area contributed by atoms with Gasteiger partial charge in [-0.3, -0.25) is 4.79 Å². The average molecular weight is 343 g/mol. The minimum atomic E-state index is -0.907. The number of rotatable bonds is 5. The van der Waals surface area contributed by atoms with Crippen LogP contribution in [-0.2, 0) is 17.8 Å². The Morgan fingerprint density at radius 3 is 2.75 bits per heavy atom. The van der Waals surface area contributed by atoms with Gasteiger partial charge in [0.05, 0.1) is 0 Å². The molecule has 1 N–H and O–H groups in total. The molecule has 0 unspecified atom stereocenters. The first-order valence-corrected chi connectivity index (χ1v) is 8.84. The molecule has 2 aromatic carbocycles. The monoisotopic (exact) mass is 343 g/mol. The highest BCUT2D eigenvalue weighted by atomic mass is 32.2. The molecule has 0 saturated heterocycles. The summed E-state index contributed by atoms with van der Waals surface area (Å²) >= 11 is 1.67. The normalized spacial score (nSPS) is 11.1. The summed E-state index contributed by atoms with van der Waals surface area (Å²) in [5, 5.41) is 9.96. The molecule has 0 fully saturated rings. The van der Waals surface area contributed by atoms with E-state index >= 15 is 0 Å². The number of benzene rings is 2. The van der Waals surface area contributed by atoms with E-state index in [1.165, 1.54) is 17.0 Å². The van der Waals surface area contributed by atoms with E-state index in [4.69, 9.17) is 0 Å². The van der Waals surface area contributed by atoms with Gasteiger partial charge in [-0.25, -0.2) is 4.39 Å². The van der Waals surface area contributed by atoms with E-state index in [2.05, 4.69) is 6.07 Å². The molecule has 0 aliphatic heterocycles. The Morgan fingerprint density at radius 1 is 1.25 bits per heavy atom. The van der Waals surface area contributed by atoms with Gasteiger partial charge in [0.1, 0.15) is 12.4 Å². The van der Waals surface area contributed by atoms with E-state index in [-0.39, 0.29) is 12.4 Å². The van der Waals surface area contributed by atoms with E-state index in [9.17, 15) is 14.3 Å². The second kappa shape index (κ2) is 6.69. The first kappa shape index (κ1) is 16.6. The number of fused-ring (bicyclic) bond motifs is 1. The highest BCUT2D eigenvalue weighted by Gasteiger charge is 2.17. The van der Waals surface area contributed by atoms with E-state index in [0.717, 1.165) is 27.7 Å². The van der Waals surface area contributed by atoms with Crippen LogP contribution in [0, 0.1) is 12.7 Å². The fourth-order valence-electron chi connectivity index (χ4n) is 3.07. The maximum absolute atomic E-state index is 13.7. The molecule has 3 aromatic rings. The van der Waals surface area contributed by atoms with Crippen molar-refractivity contribution in [3.05, 3.63) is 65.1 Å². The van der Waals surface area contributed by atoms with Crippen molar-refractivity contribution in [2.75, 3.05) is 6.26 Å². The molecule has 24 heavy (non-hydrogen) atoms. The lowest BCUT2D eigenvalue weighted by Crippen LogP contribution is -2.10. The van der Waals surface area contributed by atoms with Crippen molar-refractivity contribution in [2.45, 2.75) is 24.8 Å². The number of halogens is 1. The summed E-state index contributed by atoms with van der Waals surface area (Å²) in [5.41, 5.74) is 3.73. The van der Waals surface area contributed by atoms with E-state index in [1.807, 2.05) is 31.4 Å². The summed E-state index contributed by atoms with van der Waals surface area (Å²) in [6.45, 7) is 1.77. The van der Waals surface area contributed by atoms with Gasteiger partial charge in [-0.2, -0.15) is 0 Å². The van der Waals surface area contributed by atoms with Crippen LogP contribution in [0.4, 0.5) is 4.39 Å². The van der Waals surface area contributed by atoms with E-state index in [0.29, 0.717) is 6.42 Å². The Balaban J connectivity index is 2.13. The molecule has 0 saturated carbocycles. The lowest BCUT2D eigenvalue weighted by molar-refractivity contribution is -0.137. The minimum Gasteiger partial charge on any atom is -0.480 e. The third-order valence-electron chi connectivity index (χ3n) is 4.22. The number of aliphatic carboxylic acids is 1. The Labute approximate surface area is 144 Å². The predicted octanol–water partition coefficient (Wildman–Crippen LogP) is 4.49. The molecule has 3 rings (SSSR count). The second-order valence-corrected chi connectivity index (χ2v) is 6.61. The zero-order valence-electron chi connectivity index (χ0n) is 13.5. The summed E-state index contributed by atoms with van der Waals surface area (Å²) < 4.78 is 15.5. The van der Waals surface area contributed by atoms with Crippen molar-refractivity contribution < 1.29 is 14.3 Å². The van der Waals surface area contributed by atoms with Crippen LogP contribution in [0.25, 0.3) is 10.9 Å². The van der Waals surface area contributed by atoms with E-state index in [1.54, 1.807) is 22.4 Å². The van der Waals surface area contributed by atoms with Crippen LogP contribution in [0.15, 0.2) is 47.4 Å². The summed E-state index contributed by atoms with van der Waals surface area (Å²) in [7, 11) is 0. The zero-order chi connectivity index (χ0) is 17.3. The van der Waals surface area contributed by atoms with Crippen LogP contribution >= 0.6 is 11.8 Å². The molecule has 0 spiro atoms. The minimum absolute atomic E-state index is 0.126. The average Bonchev–Trinajstić information content (AvgIpc) is 2.80. The maximum Gasteiger partial charge on any atom is 0.323 e. The molecule has 124 valence electrons. The van der Waals surface area contributed by atoms with Crippen LogP contribution in [0.2, 0.25) is 0 Å². The number of thioether (sulfide) groups is 1. The van der Waals surface area contributed by atoms with Gasteiger partial charge in [0, 0.05) is 21.5 Å². The molecule has 5 heteroatoms. The number of hydrogen-bond acceptors (Lipinski definition) is 2. The van der Waals surface area contributed by atoms with Crippen LogP contribution in [0.3, 0.4) is 0 Å². The van der Waals surface area contributed by atoms with Crippen molar-refractivity contribution >= 4 is 28.6 Å². The first-order chi connectivity index (χ1) is 11.5. The van der Waals surface area contributed by atoms with E-state index < -0.39 is 5.97 Å². The Morgan fingerprint density at radius 2 is 2.04 bits per heavy atom. The third kappa shape index (κ3) is 3.17. The predicted molar refractivity (Wildman–Crippen MR) is 95.3 cm³/mol. The molecule has 0 aliphatic carbocycles. The van der Waals surface area contributed by atoms with Gasteiger partial charge in [-0.15, -0.1) is 11.8 Å². The Kier molecular flexibility index (Phi) is 4.62. The molecule has 0 atom stereocenters. The van der Waals surface area contributed by atoms with Gasteiger partial charge in [-0.05, 0) is 61.1 Å². The van der Waals surface area contributed by atoms with Crippen molar-refractivity contribution in [1.82, 2.24) is 4.57 Å². The van der Waals surface area contributed by atoms with Crippen LogP contribution in [0.5, 0.6) is 0 Å². The molecular weight excluding hydrogens is 325 g/mol. The fourth-order valence-corrected chi connectivity index (χ4v) is 3.56. The van der Waals surface area contributed by atoms with Crippen molar-refractivity contribution in [1.29, 1.82) is 0 Å². The number of hydrogen-bond donors (Lipinski definition) is 1. The Bertz CT molecular complexity index is 917. The standard InChI is InChI=1S/C19H18FNO2S/c1-12-16(9-13-4-3-5-15(8-13)24-2)17-10-14(20)6-7-18(17)21(12)11-19(22)23/h3-8,10H,9,11H2,1-2H3,(H,22,23). The number of carboxylic acid groups (broad SMARTS) is 1.